The Labute approximate surface area is 194 Å². The molecule has 1 fully saturated rings. The first-order valence-electron chi connectivity index (χ1n) is 11.1. The normalized spacial score (nSPS) is 14.8. The van der Waals surface area contributed by atoms with Crippen LogP contribution in [0.1, 0.15) is 34.5 Å². The molecule has 1 amide bonds. The topological polar surface area (TPSA) is 54.5 Å². The van der Waals surface area contributed by atoms with Gasteiger partial charge in [0.1, 0.15) is 11.9 Å². The number of hydrogen-bond donors (Lipinski definition) is 1. The monoisotopic (exact) mass is 449 g/mol. The average molecular weight is 450 g/mol. The minimum Gasteiger partial charge on any atom is -0.490 e. The summed E-state index contributed by atoms with van der Waals surface area (Å²) in [5.74, 6) is 0.735. The Morgan fingerprint density at radius 2 is 1.78 bits per heavy atom. The van der Waals surface area contributed by atoms with Gasteiger partial charge in [-0.15, -0.1) is 0 Å². The molecule has 1 aliphatic heterocycles. The minimum atomic E-state index is -0.0756. The molecule has 0 aliphatic carbocycles. The number of ether oxygens (including phenoxy) is 1. The van der Waals surface area contributed by atoms with Gasteiger partial charge in [0.05, 0.1) is 5.69 Å². The number of carbonyl (C=O) groups is 1. The molecule has 0 radical (unpaired) electrons. The smallest absolute Gasteiger partial charge is 0.251 e. The Hall–Kier alpha value is -2.89. The molecule has 1 aliphatic rings. The quantitative estimate of drug-likeness (QED) is 0.539. The SMILES string of the molecule is O=C(NCCc1ccc(Cl)cc1)c1ccc(OC2CCN(Cc3ccccn3)CC2)cc1. The number of nitrogens with zero attached hydrogens (tertiary/aromatic N) is 2. The predicted octanol–water partition coefficient (Wildman–Crippen LogP) is 4.75. The van der Waals surface area contributed by atoms with Crippen LogP contribution in [0.3, 0.4) is 0 Å². The fraction of sp³-hybridized carbons (Fsp3) is 0.308. The fourth-order valence-electron chi connectivity index (χ4n) is 3.86. The van der Waals surface area contributed by atoms with Crippen molar-refractivity contribution in [2.45, 2.75) is 31.9 Å². The molecule has 4 rings (SSSR count). The highest BCUT2D eigenvalue weighted by Gasteiger charge is 2.21. The maximum absolute atomic E-state index is 12.4. The zero-order valence-electron chi connectivity index (χ0n) is 18.0. The number of nitrogens with one attached hydrogen (secondary N) is 1. The van der Waals surface area contributed by atoms with Crippen molar-refractivity contribution in [3.05, 3.63) is 94.8 Å². The van der Waals surface area contributed by atoms with E-state index in [0.29, 0.717) is 12.1 Å². The maximum atomic E-state index is 12.4. The number of carbonyl (C=O) groups excluding carboxylic acids is 1. The van der Waals surface area contributed by atoms with Crippen LogP contribution in [0.25, 0.3) is 0 Å². The highest BCUT2D eigenvalue weighted by atomic mass is 35.5. The van der Waals surface area contributed by atoms with E-state index < -0.39 is 0 Å². The molecule has 0 unspecified atom stereocenters. The Morgan fingerprint density at radius 1 is 1.03 bits per heavy atom. The number of piperidine rings is 1. The number of likely N-dealkylation sites (tertiary alicyclic amines) is 1. The lowest BCUT2D eigenvalue weighted by Gasteiger charge is -2.31. The molecule has 1 N–H and O–H groups in total. The molecule has 6 heteroatoms. The molecule has 1 aromatic heterocycles. The Bertz CT molecular complexity index is 986. The molecule has 2 aromatic carbocycles. The van der Waals surface area contributed by atoms with Crippen molar-refractivity contribution in [2.24, 2.45) is 0 Å². The van der Waals surface area contributed by atoms with E-state index >= 15 is 0 Å². The Morgan fingerprint density at radius 3 is 2.47 bits per heavy atom. The molecular weight excluding hydrogens is 422 g/mol. The van der Waals surface area contributed by atoms with Crippen molar-refractivity contribution in [2.75, 3.05) is 19.6 Å². The Balaban J connectivity index is 1.19. The van der Waals surface area contributed by atoms with Crippen LogP contribution >= 0.6 is 11.6 Å². The maximum Gasteiger partial charge on any atom is 0.251 e. The third kappa shape index (κ3) is 6.55. The first kappa shape index (κ1) is 22.3. The zero-order chi connectivity index (χ0) is 22.2. The summed E-state index contributed by atoms with van der Waals surface area (Å²) in [6.45, 7) is 3.45. The van der Waals surface area contributed by atoms with Gasteiger partial charge in [0.15, 0.2) is 0 Å². The van der Waals surface area contributed by atoms with Gasteiger partial charge in [-0.2, -0.15) is 0 Å². The van der Waals surface area contributed by atoms with Gasteiger partial charge in [0, 0.05) is 43.0 Å². The van der Waals surface area contributed by atoms with Crippen LogP contribution in [0.15, 0.2) is 72.9 Å². The molecule has 2 heterocycles. The summed E-state index contributed by atoms with van der Waals surface area (Å²) in [6.07, 6.45) is 4.78. The van der Waals surface area contributed by atoms with Gasteiger partial charge < -0.3 is 10.1 Å². The molecule has 1 saturated heterocycles. The van der Waals surface area contributed by atoms with Crippen molar-refractivity contribution < 1.29 is 9.53 Å². The molecule has 166 valence electrons. The van der Waals surface area contributed by atoms with Crippen molar-refractivity contribution in [1.29, 1.82) is 0 Å². The van der Waals surface area contributed by atoms with Crippen LogP contribution in [-0.4, -0.2) is 41.5 Å². The minimum absolute atomic E-state index is 0.0756. The number of rotatable bonds is 8. The molecule has 3 aromatic rings. The molecule has 0 spiro atoms. The lowest BCUT2D eigenvalue weighted by molar-refractivity contribution is 0.0949. The summed E-state index contributed by atoms with van der Waals surface area (Å²) in [6, 6.07) is 21.1. The lowest BCUT2D eigenvalue weighted by Crippen LogP contribution is -2.37. The summed E-state index contributed by atoms with van der Waals surface area (Å²) in [5.41, 5.74) is 2.89. The second-order valence-electron chi connectivity index (χ2n) is 8.07. The summed E-state index contributed by atoms with van der Waals surface area (Å²) in [5, 5.41) is 3.68. The largest absolute Gasteiger partial charge is 0.490 e. The third-order valence-electron chi connectivity index (χ3n) is 5.68. The molecule has 0 bridgehead atoms. The summed E-state index contributed by atoms with van der Waals surface area (Å²) >= 11 is 5.90. The standard InChI is InChI=1S/C26H28ClN3O2/c27-22-8-4-20(5-9-22)12-16-29-26(31)21-6-10-24(11-7-21)32-25-13-17-30(18-14-25)19-23-3-1-2-15-28-23/h1-11,15,25H,12-14,16-19H2,(H,29,31). The van der Waals surface area contributed by atoms with Gasteiger partial charge >= 0.3 is 0 Å². The van der Waals surface area contributed by atoms with Gasteiger partial charge in [-0.1, -0.05) is 29.8 Å². The van der Waals surface area contributed by atoms with Crippen LogP contribution in [0.5, 0.6) is 5.75 Å². The van der Waals surface area contributed by atoms with Gasteiger partial charge in [-0.05, 0) is 73.4 Å². The molecule has 0 saturated carbocycles. The molecule has 32 heavy (non-hydrogen) atoms. The van der Waals surface area contributed by atoms with E-state index in [9.17, 15) is 4.79 Å². The van der Waals surface area contributed by atoms with E-state index in [2.05, 4.69) is 21.3 Å². The van der Waals surface area contributed by atoms with E-state index in [4.69, 9.17) is 16.3 Å². The predicted molar refractivity (Wildman–Crippen MR) is 127 cm³/mol. The van der Waals surface area contributed by atoms with Crippen LogP contribution in [-0.2, 0) is 13.0 Å². The summed E-state index contributed by atoms with van der Waals surface area (Å²) in [4.78, 5) is 19.2. The fourth-order valence-corrected chi connectivity index (χ4v) is 3.98. The highest BCUT2D eigenvalue weighted by molar-refractivity contribution is 6.30. The van der Waals surface area contributed by atoms with Crippen molar-refractivity contribution in [3.8, 4) is 5.75 Å². The summed E-state index contributed by atoms with van der Waals surface area (Å²) < 4.78 is 6.15. The van der Waals surface area contributed by atoms with Crippen molar-refractivity contribution in [1.82, 2.24) is 15.2 Å². The Kier molecular flexibility index (Phi) is 7.75. The highest BCUT2D eigenvalue weighted by Crippen LogP contribution is 2.20. The van der Waals surface area contributed by atoms with Gasteiger partial charge in [0.25, 0.3) is 5.91 Å². The van der Waals surface area contributed by atoms with Crippen LogP contribution < -0.4 is 10.1 Å². The van der Waals surface area contributed by atoms with Gasteiger partial charge in [-0.25, -0.2) is 0 Å². The first-order chi connectivity index (χ1) is 15.7. The van der Waals surface area contributed by atoms with Crippen LogP contribution in [0, 0.1) is 0 Å². The second kappa shape index (κ2) is 11.1. The van der Waals surface area contributed by atoms with Gasteiger partial charge in [0.2, 0.25) is 0 Å². The number of halogens is 1. The van der Waals surface area contributed by atoms with E-state index in [-0.39, 0.29) is 12.0 Å². The second-order valence-corrected chi connectivity index (χ2v) is 8.51. The number of pyridine rings is 1. The summed E-state index contributed by atoms with van der Waals surface area (Å²) in [7, 11) is 0. The third-order valence-corrected chi connectivity index (χ3v) is 5.93. The van der Waals surface area contributed by atoms with Crippen molar-refractivity contribution >= 4 is 17.5 Å². The lowest BCUT2D eigenvalue weighted by atomic mass is 10.1. The zero-order valence-corrected chi connectivity index (χ0v) is 18.8. The van der Waals surface area contributed by atoms with Crippen molar-refractivity contribution in [3.63, 3.8) is 0 Å². The van der Waals surface area contributed by atoms with E-state index in [1.807, 2.05) is 66.9 Å². The van der Waals surface area contributed by atoms with Gasteiger partial charge in [-0.3, -0.25) is 14.7 Å². The number of hydrogen-bond acceptors (Lipinski definition) is 4. The van der Waals surface area contributed by atoms with E-state index in [1.54, 1.807) is 0 Å². The number of benzene rings is 2. The van der Waals surface area contributed by atoms with E-state index in [0.717, 1.165) is 60.9 Å². The van der Waals surface area contributed by atoms with E-state index in [1.165, 1.54) is 0 Å². The molecular formula is C26H28ClN3O2. The average Bonchev–Trinajstić information content (AvgIpc) is 2.83. The number of amides is 1. The number of aromatic nitrogens is 1. The molecule has 0 atom stereocenters. The first-order valence-corrected chi connectivity index (χ1v) is 11.4. The molecule has 5 nitrogen and oxygen atoms in total. The van der Waals surface area contributed by atoms with Crippen LogP contribution in [0.2, 0.25) is 5.02 Å². The van der Waals surface area contributed by atoms with Crippen LogP contribution in [0.4, 0.5) is 0 Å².